The Kier molecular flexibility index (Phi) is 9.94. The highest BCUT2D eigenvalue weighted by atomic mass is 35.5. The van der Waals surface area contributed by atoms with Gasteiger partial charge >= 0.3 is 0 Å². The lowest BCUT2D eigenvalue weighted by Crippen LogP contribution is -2.50. The van der Waals surface area contributed by atoms with Crippen LogP contribution >= 0.6 is 34.8 Å². The Labute approximate surface area is 198 Å². The molecule has 5 nitrogen and oxygen atoms in total. The number of amides is 2. The van der Waals surface area contributed by atoms with Gasteiger partial charge in [0, 0.05) is 28.2 Å². The monoisotopic (exact) mass is 484 g/mol. The van der Waals surface area contributed by atoms with Gasteiger partial charge in [0.2, 0.25) is 5.91 Å². The van der Waals surface area contributed by atoms with E-state index < -0.39 is 6.04 Å². The lowest BCUT2D eigenvalue weighted by Gasteiger charge is -2.31. The molecule has 2 rings (SSSR count). The molecular weight excluding hydrogens is 459 g/mol. The third-order valence-corrected chi connectivity index (χ3v) is 5.44. The van der Waals surface area contributed by atoms with E-state index in [1.165, 1.54) is 4.90 Å². The third kappa shape index (κ3) is 7.91. The van der Waals surface area contributed by atoms with Crippen LogP contribution in [0.1, 0.15) is 32.8 Å². The van der Waals surface area contributed by atoms with Crippen molar-refractivity contribution in [1.29, 1.82) is 0 Å². The predicted molar refractivity (Wildman–Crippen MR) is 126 cm³/mol. The Bertz CT molecular complexity index is 888. The number of carbonyl (C=O) groups excluding carboxylic acids is 2. The molecule has 0 heterocycles. The van der Waals surface area contributed by atoms with Gasteiger partial charge in [-0.2, -0.15) is 0 Å². The summed E-state index contributed by atoms with van der Waals surface area (Å²) < 4.78 is 5.63. The summed E-state index contributed by atoms with van der Waals surface area (Å²) in [7, 11) is 0. The maximum atomic E-state index is 13.1. The van der Waals surface area contributed by atoms with E-state index in [2.05, 4.69) is 5.32 Å². The Morgan fingerprint density at radius 3 is 2.26 bits per heavy atom. The average Bonchev–Trinajstić information content (AvgIpc) is 2.73. The molecule has 2 amide bonds. The normalized spacial score (nSPS) is 11.8. The summed E-state index contributed by atoms with van der Waals surface area (Å²) in [6.07, 6.45) is 0.446. The topological polar surface area (TPSA) is 58.6 Å². The van der Waals surface area contributed by atoms with Crippen molar-refractivity contribution in [3.63, 3.8) is 0 Å². The molecule has 2 aromatic carbocycles. The number of nitrogens with zero attached hydrogens (tertiary/aromatic N) is 1. The van der Waals surface area contributed by atoms with Crippen molar-refractivity contribution in [3.05, 3.63) is 63.1 Å². The first-order valence-corrected chi connectivity index (χ1v) is 11.2. The molecule has 1 atom stereocenters. The Hall–Kier alpha value is -1.95. The van der Waals surface area contributed by atoms with Gasteiger partial charge in [-0.1, -0.05) is 61.6 Å². The molecule has 0 saturated carbocycles. The highest BCUT2D eigenvalue weighted by Crippen LogP contribution is 2.24. The van der Waals surface area contributed by atoms with E-state index in [1.54, 1.807) is 42.5 Å². The number of nitrogens with one attached hydrogen (secondary N) is 1. The maximum absolute atomic E-state index is 13.1. The summed E-state index contributed by atoms with van der Waals surface area (Å²) in [6.45, 7) is 6.35. The molecule has 31 heavy (non-hydrogen) atoms. The zero-order valence-electron chi connectivity index (χ0n) is 17.8. The fourth-order valence-electron chi connectivity index (χ4n) is 2.93. The van der Waals surface area contributed by atoms with Gasteiger partial charge in [-0.15, -0.1) is 0 Å². The van der Waals surface area contributed by atoms with E-state index in [9.17, 15) is 9.59 Å². The molecule has 2 aromatic rings. The van der Waals surface area contributed by atoms with Gasteiger partial charge in [-0.3, -0.25) is 9.59 Å². The van der Waals surface area contributed by atoms with Crippen molar-refractivity contribution in [1.82, 2.24) is 10.2 Å². The summed E-state index contributed by atoms with van der Waals surface area (Å²) in [5.41, 5.74) is 0.695. The second kappa shape index (κ2) is 12.2. The first-order chi connectivity index (χ1) is 14.7. The first kappa shape index (κ1) is 25.3. The highest BCUT2D eigenvalue weighted by Gasteiger charge is 2.29. The van der Waals surface area contributed by atoms with Crippen molar-refractivity contribution in [3.8, 4) is 5.75 Å². The number of ether oxygens (including phenoxy) is 1. The van der Waals surface area contributed by atoms with E-state index in [-0.39, 0.29) is 25.0 Å². The summed E-state index contributed by atoms with van der Waals surface area (Å²) in [6, 6.07) is 11.1. The Morgan fingerprint density at radius 2 is 1.68 bits per heavy atom. The molecule has 1 unspecified atom stereocenters. The largest absolute Gasteiger partial charge is 0.484 e. The zero-order chi connectivity index (χ0) is 23.0. The SMILES string of the molecule is CCC(C(=O)NCC(C)C)N(Cc1ccc(Cl)cc1Cl)C(=O)COc1ccc(Cl)cc1. The second-order valence-corrected chi connectivity index (χ2v) is 8.84. The first-order valence-electron chi connectivity index (χ1n) is 10.1. The van der Waals surface area contributed by atoms with Crippen molar-refractivity contribution < 1.29 is 14.3 Å². The Balaban J connectivity index is 2.22. The van der Waals surface area contributed by atoms with E-state index in [1.807, 2.05) is 20.8 Å². The van der Waals surface area contributed by atoms with Crippen LogP contribution in [0.25, 0.3) is 0 Å². The summed E-state index contributed by atoms with van der Waals surface area (Å²) in [5.74, 6) is 0.276. The number of rotatable bonds is 10. The fourth-order valence-corrected chi connectivity index (χ4v) is 3.53. The van der Waals surface area contributed by atoms with Crippen LogP contribution in [0.5, 0.6) is 5.75 Å². The van der Waals surface area contributed by atoms with Crippen molar-refractivity contribution >= 4 is 46.6 Å². The molecule has 0 aliphatic rings. The maximum Gasteiger partial charge on any atom is 0.261 e. The predicted octanol–water partition coefficient (Wildman–Crippen LogP) is 5.61. The van der Waals surface area contributed by atoms with Crippen LogP contribution in [0.15, 0.2) is 42.5 Å². The van der Waals surface area contributed by atoms with Gasteiger partial charge in [0.1, 0.15) is 11.8 Å². The molecular formula is C23H27Cl3N2O3. The molecule has 0 aromatic heterocycles. The number of carbonyl (C=O) groups is 2. The minimum Gasteiger partial charge on any atom is -0.484 e. The van der Waals surface area contributed by atoms with Crippen LogP contribution in [0.2, 0.25) is 15.1 Å². The number of halogens is 3. The van der Waals surface area contributed by atoms with Crippen LogP contribution in [0.4, 0.5) is 0 Å². The lowest BCUT2D eigenvalue weighted by molar-refractivity contribution is -0.143. The molecule has 0 saturated heterocycles. The van der Waals surface area contributed by atoms with Gasteiger partial charge < -0.3 is 15.0 Å². The van der Waals surface area contributed by atoms with Crippen LogP contribution in [-0.2, 0) is 16.1 Å². The summed E-state index contributed by atoms with van der Waals surface area (Å²) in [4.78, 5) is 27.5. The van der Waals surface area contributed by atoms with E-state index in [0.717, 1.165) is 0 Å². The average molecular weight is 486 g/mol. The minimum absolute atomic E-state index is 0.159. The van der Waals surface area contributed by atoms with E-state index >= 15 is 0 Å². The number of hydrogen-bond acceptors (Lipinski definition) is 3. The van der Waals surface area contributed by atoms with Crippen molar-refractivity contribution in [2.45, 2.75) is 39.8 Å². The molecule has 0 aliphatic carbocycles. The molecule has 1 N–H and O–H groups in total. The standard InChI is InChI=1S/C23H27Cl3N2O3/c1-4-21(23(30)27-12-15(2)3)28(13-16-5-6-18(25)11-20(16)26)22(29)14-31-19-9-7-17(24)8-10-19/h5-11,15,21H,4,12-14H2,1-3H3,(H,27,30). The van der Waals surface area contributed by atoms with Gasteiger partial charge in [0.25, 0.3) is 5.91 Å². The molecule has 168 valence electrons. The molecule has 0 aliphatic heterocycles. The zero-order valence-corrected chi connectivity index (χ0v) is 20.1. The second-order valence-electron chi connectivity index (χ2n) is 7.56. The number of benzene rings is 2. The summed E-state index contributed by atoms with van der Waals surface area (Å²) in [5, 5.41) is 4.42. The fraction of sp³-hybridized carbons (Fsp3) is 0.391. The van der Waals surface area contributed by atoms with Crippen LogP contribution in [0.3, 0.4) is 0 Å². The van der Waals surface area contributed by atoms with Crippen LogP contribution in [-0.4, -0.2) is 35.9 Å². The lowest BCUT2D eigenvalue weighted by atomic mass is 10.1. The minimum atomic E-state index is -0.660. The van der Waals surface area contributed by atoms with Crippen LogP contribution in [0, 0.1) is 5.92 Å². The van der Waals surface area contributed by atoms with Gasteiger partial charge in [0.15, 0.2) is 6.61 Å². The molecule has 0 spiro atoms. The summed E-state index contributed by atoms with van der Waals surface area (Å²) >= 11 is 18.2. The highest BCUT2D eigenvalue weighted by molar-refractivity contribution is 6.35. The molecule has 0 bridgehead atoms. The van der Waals surface area contributed by atoms with Crippen LogP contribution < -0.4 is 10.1 Å². The van der Waals surface area contributed by atoms with Gasteiger partial charge in [-0.25, -0.2) is 0 Å². The molecule has 8 heteroatoms. The molecule has 0 radical (unpaired) electrons. The van der Waals surface area contributed by atoms with E-state index in [0.29, 0.717) is 45.3 Å². The van der Waals surface area contributed by atoms with Crippen molar-refractivity contribution in [2.24, 2.45) is 5.92 Å². The van der Waals surface area contributed by atoms with Gasteiger partial charge in [-0.05, 0) is 54.3 Å². The van der Waals surface area contributed by atoms with Gasteiger partial charge in [0.05, 0.1) is 0 Å². The van der Waals surface area contributed by atoms with Crippen molar-refractivity contribution in [2.75, 3.05) is 13.2 Å². The smallest absolute Gasteiger partial charge is 0.261 e. The molecule has 0 fully saturated rings. The third-order valence-electron chi connectivity index (χ3n) is 4.60. The number of hydrogen-bond donors (Lipinski definition) is 1. The van der Waals surface area contributed by atoms with E-state index in [4.69, 9.17) is 39.5 Å². The quantitative estimate of drug-likeness (QED) is 0.476. The Morgan fingerprint density at radius 1 is 1.03 bits per heavy atom.